The number of fused-ring (bicyclic) bond motifs is 1. The van der Waals surface area contributed by atoms with Gasteiger partial charge in [-0.25, -0.2) is 0 Å². The number of nitrogens with zero attached hydrogens (tertiary/aromatic N) is 3. The normalized spacial score (nSPS) is 14.6. The van der Waals surface area contributed by atoms with E-state index in [1.807, 2.05) is 36.4 Å². The van der Waals surface area contributed by atoms with E-state index < -0.39 is 0 Å². The van der Waals surface area contributed by atoms with E-state index in [-0.39, 0.29) is 16.3 Å². The number of hydrogen-bond acceptors (Lipinski definition) is 6. The van der Waals surface area contributed by atoms with Crippen LogP contribution in [0.1, 0.15) is 13.8 Å². The van der Waals surface area contributed by atoms with E-state index in [1.54, 1.807) is 18.2 Å². The molecule has 0 bridgehead atoms. The minimum atomic E-state index is -0.378. The van der Waals surface area contributed by atoms with Gasteiger partial charge in [0, 0.05) is 33.6 Å². The molecule has 0 radical (unpaired) electrons. The number of nitro groups is 1. The van der Waals surface area contributed by atoms with E-state index in [2.05, 4.69) is 40.8 Å². The van der Waals surface area contributed by atoms with Crippen molar-refractivity contribution in [1.82, 2.24) is 0 Å². The lowest BCUT2D eigenvalue weighted by Crippen LogP contribution is -2.41. The maximum Gasteiger partial charge on any atom is 0.277 e. The van der Waals surface area contributed by atoms with Crippen LogP contribution < -0.4 is 10.6 Å². The van der Waals surface area contributed by atoms with Gasteiger partial charge in [-0.05, 0) is 44.2 Å². The molecule has 1 heterocycles. The van der Waals surface area contributed by atoms with Crippen LogP contribution in [-0.2, 0) is 0 Å². The zero-order chi connectivity index (χ0) is 20.9. The summed E-state index contributed by atoms with van der Waals surface area (Å²) in [4.78, 5) is 11.0. The molecule has 0 saturated carbocycles. The van der Waals surface area contributed by atoms with E-state index >= 15 is 0 Å². The molecule has 0 spiro atoms. The van der Waals surface area contributed by atoms with Crippen molar-refractivity contribution in [1.29, 1.82) is 0 Å². The van der Waals surface area contributed by atoms with Gasteiger partial charge in [-0.1, -0.05) is 30.3 Å². The third-order valence-electron chi connectivity index (χ3n) is 5.25. The minimum Gasteiger partial charge on any atom is -0.363 e. The highest BCUT2D eigenvalue weighted by atomic mass is 16.6. The zero-order valence-electron chi connectivity index (χ0n) is 16.5. The molecule has 0 unspecified atom stereocenters. The highest BCUT2D eigenvalue weighted by molar-refractivity contribution is 6.09. The van der Waals surface area contributed by atoms with Crippen molar-refractivity contribution in [3.63, 3.8) is 0 Å². The predicted molar refractivity (Wildman–Crippen MR) is 120 cm³/mol. The summed E-state index contributed by atoms with van der Waals surface area (Å²) >= 11 is 0. The Balaban J connectivity index is 1.63. The second-order valence-electron chi connectivity index (χ2n) is 7.84. The maximum absolute atomic E-state index is 11.3. The molecule has 4 aromatic rings. The average Bonchev–Trinajstić information content (AvgIpc) is 2.72. The van der Waals surface area contributed by atoms with Crippen LogP contribution in [-0.4, -0.2) is 10.6 Å². The topological polar surface area (TPSA) is 91.9 Å². The second-order valence-corrected chi connectivity index (χ2v) is 7.84. The Bertz CT molecular complexity index is 1350. The summed E-state index contributed by atoms with van der Waals surface area (Å²) in [5.74, 6) is 0. The molecule has 148 valence electrons. The Kier molecular flexibility index (Phi) is 3.92. The second kappa shape index (κ2) is 6.52. The van der Waals surface area contributed by atoms with Crippen molar-refractivity contribution < 1.29 is 4.92 Å². The van der Waals surface area contributed by atoms with Gasteiger partial charge < -0.3 is 10.6 Å². The van der Waals surface area contributed by atoms with Crippen LogP contribution in [0.15, 0.2) is 77.0 Å². The molecule has 1 aliphatic rings. The lowest BCUT2D eigenvalue weighted by atomic mass is 10.00. The number of hydrogen-bond donors (Lipinski definition) is 2. The highest BCUT2D eigenvalue weighted by Crippen LogP contribution is 2.42. The van der Waals surface area contributed by atoms with Gasteiger partial charge in [0.05, 0.1) is 21.7 Å². The smallest absolute Gasteiger partial charge is 0.277 e. The van der Waals surface area contributed by atoms with Crippen molar-refractivity contribution in [2.75, 3.05) is 10.6 Å². The van der Waals surface area contributed by atoms with Gasteiger partial charge in [-0.2, -0.15) is 0 Å². The number of azo groups is 1. The Morgan fingerprint density at radius 2 is 1.37 bits per heavy atom. The fourth-order valence-electron chi connectivity index (χ4n) is 4.01. The van der Waals surface area contributed by atoms with Crippen molar-refractivity contribution in [3.8, 4) is 0 Å². The van der Waals surface area contributed by atoms with E-state index in [1.165, 1.54) is 6.07 Å². The predicted octanol–water partition coefficient (Wildman–Crippen LogP) is 6.89. The first-order valence-electron chi connectivity index (χ1n) is 9.63. The Labute approximate surface area is 172 Å². The van der Waals surface area contributed by atoms with Crippen molar-refractivity contribution in [3.05, 3.63) is 76.8 Å². The standard InChI is InChI=1S/C23H19N5O2/c1-23(2)24-19-9-5-8-16-18(10-11-20(25-23)22(16)19)27-26-17-12-13-21(28(29)30)15-7-4-3-6-14(15)17/h3-13,24-25H,1-2H3/b27-26+. The van der Waals surface area contributed by atoms with Crippen LogP contribution in [0.25, 0.3) is 21.5 Å². The third-order valence-corrected chi connectivity index (χ3v) is 5.25. The summed E-state index contributed by atoms with van der Waals surface area (Å²) in [5.41, 5.74) is 3.23. The van der Waals surface area contributed by atoms with Crippen molar-refractivity contribution >= 4 is 50.0 Å². The minimum absolute atomic E-state index is 0.0610. The van der Waals surface area contributed by atoms with Gasteiger partial charge >= 0.3 is 0 Å². The fraction of sp³-hybridized carbons (Fsp3) is 0.130. The van der Waals surface area contributed by atoms with Crippen LogP contribution in [0.2, 0.25) is 0 Å². The van der Waals surface area contributed by atoms with E-state index in [9.17, 15) is 10.1 Å². The van der Waals surface area contributed by atoms with Crippen molar-refractivity contribution in [2.24, 2.45) is 10.2 Å². The van der Waals surface area contributed by atoms with Gasteiger partial charge in [0.2, 0.25) is 0 Å². The molecule has 7 nitrogen and oxygen atoms in total. The highest BCUT2D eigenvalue weighted by Gasteiger charge is 2.25. The van der Waals surface area contributed by atoms with Crippen LogP contribution in [0, 0.1) is 10.1 Å². The van der Waals surface area contributed by atoms with E-state index in [4.69, 9.17) is 0 Å². The Morgan fingerprint density at radius 3 is 2.10 bits per heavy atom. The first-order chi connectivity index (χ1) is 14.4. The van der Waals surface area contributed by atoms with Gasteiger partial charge in [0.25, 0.3) is 5.69 Å². The molecule has 1 aliphatic heterocycles. The number of anilines is 2. The molecule has 4 aromatic carbocycles. The first kappa shape index (κ1) is 18.1. The summed E-state index contributed by atoms with van der Waals surface area (Å²) in [6.07, 6.45) is 0. The largest absolute Gasteiger partial charge is 0.363 e. The average molecular weight is 397 g/mol. The Morgan fingerprint density at radius 1 is 0.767 bits per heavy atom. The summed E-state index contributed by atoms with van der Waals surface area (Å²) in [6, 6.07) is 20.3. The molecule has 7 heteroatoms. The first-order valence-corrected chi connectivity index (χ1v) is 9.63. The molecule has 30 heavy (non-hydrogen) atoms. The molecule has 5 rings (SSSR count). The summed E-state index contributed by atoms with van der Waals surface area (Å²) in [6.45, 7) is 4.17. The molecule has 2 N–H and O–H groups in total. The van der Waals surface area contributed by atoms with E-state index in [0.717, 1.165) is 27.8 Å². The Hall–Kier alpha value is -4.00. The molecular formula is C23H19N5O2. The monoisotopic (exact) mass is 397 g/mol. The lowest BCUT2D eigenvalue weighted by molar-refractivity contribution is -0.383. The fourth-order valence-corrected chi connectivity index (χ4v) is 4.01. The molecule has 0 fully saturated rings. The number of benzene rings is 4. The van der Waals surface area contributed by atoms with Gasteiger partial charge in [-0.3, -0.25) is 10.1 Å². The van der Waals surface area contributed by atoms with Crippen LogP contribution >= 0.6 is 0 Å². The van der Waals surface area contributed by atoms with Crippen LogP contribution in [0.4, 0.5) is 28.4 Å². The van der Waals surface area contributed by atoms with Crippen LogP contribution in [0.3, 0.4) is 0 Å². The van der Waals surface area contributed by atoms with Crippen LogP contribution in [0.5, 0.6) is 0 Å². The third kappa shape index (κ3) is 2.91. The molecule has 0 saturated heterocycles. The number of rotatable bonds is 3. The van der Waals surface area contributed by atoms with Crippen molar-refractivity contribution in [2.45, 2.75) is 19.5 Å². The SMILES string of the molecule is CC1(C)Nc2cccc3c(/N=N/c4ccc([N+](=O)[O-])c5ccccc45)ccc(c23)N1. The quantitative estimate of drug-likeness (QED) is 0.224. The molecule has 0 aromatic heterocycles. The zero-order valence-corrected chi connectivity index (χ0v) is 16.5. The summed E-state index contributed by atoms with van der Waals surface area (Å²) in [5, 5.41) is 30.6. The van der Waals surface area contributed by atoms with Gasteiger partial charge in [0.15, 0.2) is 0 Å². The molecular weight excluding hydrogens is 378 g/mol. The number of nitro benzene ring substituents is 1. The summed E-state index contributed by atoms with van der Waals surface area (Å²) in [7, 11) is 0. The molecule has 0 amide bonds. The van der Waals surface area contributed by atoms with E-state index in [0.29, 0.717) is 16.5 Å². The molecule has 0 atom stereocenters. The maximum atomic E-state index is 11.3. The summed E-state index contributed by atoms with van der Waals surface area (Å²) < 4.78 is 0. The number of non-ortho nitro benzene ring substituents is 1. The number of nitrogens with one attached hydrogen (secondary N) is 2. The van der Waals surface area contributed by atoms with Gasteiger partial charge in [0.1, 0.15) is 5.66 Å². The molecule has 0 aliphatic carbocycles. The van der Waals surface area contributed by atoms with Gasteiger partial charge in [-0.15, -0.1) is 10.2 Å². The lowest BCUT2D eigenvalue weighted by Gasteiger charge is -2.36.